The van der Waals surface area contributed by atoms with E-state index in [1.165, 1.54) is 0 Å². The highest BCUT2D eigenvalue weighted by molar-refractivity contribution is 5.79. The van der Waals surface area contributed by atoms with Gasteiger partial charge in [0, 0.05) is 25.1 Å². The largest absolute Gasteiger partial charge is 0.361 e. The Kier molecular flexibility index (Phi) is 7.18. The minimum atomic E-state index is 0.0332. The lowest BCUT2D eigenvalue weighted by Gasteiger charge is -2.06. The van der Waals surface area contributed by atoms with Crippen molar-refractivity contribution in [1.29, 1.82) is 0 Å². The molecule has 1 rings (SSSR count). The monoisotopic (exact) mass is 267 g/mol. The quantitative estimate of drug-likeness (QED) is 0.665. The molecule has 0 fully saturated rings. The molecule has 1 aromatic heterocycles. The van der Waals surface area contributed by atoms with Gasteiger partial charge in [0.05, 0.1) is 12.1 Å². The number of nitrogens with zero attached hydrogens (tertiary/aromatic N) is 1. The van der Waals surface area contributed by atoms with Crippen molar-refractivity contribution < 1.29 is 9.32 Å². The lowest BCUT2D eigenvalue weighted by atomic mass is 10.1. The molecule has 108 valence electrons. The number of aromatic nitrogens is 1. The standard InChI is InChI=1S/C14H25N3O2/c1-4-7-15-8-9-16-14(18)10-11-12(5-2)17-19-13(11)6-3/h15H,4-10H2,1-3H3,(H,16,18). The van der Waals surface area contributed by atoms with Crippen LogP contribution in [0.5, 0.6) is 0 Å². The van der Waals surface area contributed by atoms with Gasteiger partial charge in [0.2, 0.25) is 5.91 Å². The molecule has 19 heavy (non-hydrogen) atoms. The SMILES string of the molecule is CCCNCCNC(=O)Cc1c(CC)noc1CC. The molecule has 0 aromatic carbocycles. The Hall–Kier alpha value is -1.36. The molecule has 0 aliphatic rings. The van der Waals surface area contributed by atoms with Crippen molar-refractivity contribution in [3.8, 4) is 0 Å². The van der Waals surface area contributed by atoms with Crippen molar-refractivity contribution >= 4 is 5.91 Å². The number of hydrogen-bond donors (Lipinski definition) is 2. The highest BCUT2D eigenvalue weighted by Gasteiger charge is 2.16. The van der Waals surface area contributed by atoms with E-state index in [4.69, 9.17) is 4.52 Å². The Morgan fingerprint density at radius 3 is 2.58 bits per heavy atom. The first-order valence-electron chi connectivity index (χ1n) is 7.16. The average Bonchev–Trinajstić information content (AvgIpc) is 2.80. The van der Waals surface area contributed by atoms with Crippen LogP contribution in [0.15, 0.2) is 4.52 Å². The molecule has 1 heterocycles. The zero-order valence-corrected chi connectivity index (χ0v) is 12.2. The van der Waals surface area contributed by atoms with Crippen LogP contribution in [0.1, 0.15) is 44.2 Å². The second kappa shape index (κ2) is 8.69. The maximum absolute atomic E-state index is 11.9. The number of hydrogen-bond acceptors (Lipinski definition) is 4. The van der Waals surface area contributed by atoms with E-state index >= 15 is 0 Å². The molecule has 0 radical (unpaired) electrons. The zero-order valence-electron chi connectivity index (χ0n) is 12.2. The molecule has 1 aromatic rings. The van der Waals surface area contributed by atoms with E-state index in [0.29, 0.717) is 13.0 Å². The number of rotatable bonds is 9. The molecule has 5 heteroatoms. The molecule has 2 N–H and O–H groups in total. The molecule has 1 amide bonds. The summed E-state index contributed by atoms with van der Waals surface area (Å²) >= 11 is 0. The first-order chi connectivity index (χ1) is 9.22. The van der Waals surface area contributed by atoms with Gasteiger partial charge in [-0.3, -0.25) is 4.79 Å². The lowest BCUT2D eigenvalue weighted by Crippen LogP contribution is -2.33. The van der Waals surface area contributed by atoms with Crippen LogP contribution in [0.2, 0.25) is 0 Å². The smallest absolute Gasteiger partial charge is 0.224 e. The van der Waals surface area contributed by atoms with E-state index < -0.39 is 0 Å². The summed E-state index contributed by atoms with van der Waals surface area (Å²) in [6.07, 6.45) is 3.04. The van der Waals surface area contributed by atoms with E-state index in [-0.39, 0.29) is 5.91 Å². The van der Waals surface area contributed by atoms with Gasteiger partial charge in [0.25, 0.3) is 0 Å². The summed E-state index contributed by atoms with van der Waals surface area (Å²) in [5.74, 6) is 0.863. The maximum atomic E-state index is 11.9. The summed E-state index contributed by atoms with van der Waals surface area (Å²) in [5.41, 5.74) is 1.86. The third kappa shape index (κ3) is 5.03. The molecule has 0 aliphatic carbocycles. The van der Waals surface area contributed by atoms with Crippen molar-refractivity contribution in [1.82, 2.24) is 15.8 Å². The van der Waals surface area contributed by atoms with Gasteiger partial charge in [-0.15, -0.1) is 0 Å². The maximum Gasteiger partial charge on any atom is 0.224 e. The molecule has 0 aliphatic heterocycles. The summed E-state index contributed by atoms with van der Waals surface area (Å²) in [5, 5.41) is 10.2. The molecular weight excluding hydrogens is 242 g/mol. The van der Waals surface area contributed by atoms with Crippen LogP contribution >= 0.6 is 0 Å². The van der Waals surface area contributed by atoms with Gasteiger partial charge in [-0.05, 0) is 19.4 Å². The number of aryl methyl sites for hydroxylation is 2. The van der Waals surface area contributed by atoms with Crippen LogP contribution in [0.3, 0.4) is 0 Å². The van der Waals surface area contributed by atoms with Crippen molar-refractivity contribution in [2.45, 2.75) is 46.5 Å². The van der Waals surface area contributed by atoms with Gasteiger partial charge in [-0.1, -0.05) is 25.9 Å². The van der Waals surface area contributed by atoms with Crippen molar-refractivity contribution in [2.75, 3.05) is 19.6 Å². The van der Waals surface area contributed by atoms with Crippen LogP contribution in [0.4, 0.5) is 0 Å². The topological polar surface area (TPSA) is 67.2 Å². The summed E-state index contributed by atoms with van der Waals surface area (Å²) < 4.78 is 5.25. The van der Waals surface area contributed by atoms with E-state index in [2.05, 4.69) is 22.7 Å². The first kappa shape index (κ1) is 15.7. The Balaban J connectivity index is 2.41. The third-order valence-electron chi connectivity index (χ3n) is 3.00. The van der Waals surface area contributed by atoms with Crippen molar-refractivity contribution in [3.63, 3.8) is 0 Å². The Bertz CT molecular complexity index is 367. The minimum absolute atomic E-state index is 0.0332. The van der Waals surface area contributed by atoms with Gasteiger partial charge in [-0.25, -0.2) is 0 Å². The molecular formula is C14H25N3O2. The summed E-state index contributed by atoms with van der Waals surface area (Å²) in [7, 11) is 0. The zero-order chi connectivity index (χ0) is 14.1. The van der Waals surface area contributed by atoms with Crippen molar-refractivity contribution in [3.05, 3.63) is 17.0 Å². The van der Waals surface area contributed by atoms with Crippen LogP contribution in [-0.2, 0) is 24.1 Å². The predicted octanol–water partition coefficient (Wildman–Crippen LogP) is 1.46. The van der Waals surface area contributed by atoms with Gasteiger partial charge in [0.15, 0.2) is 0 Å². The third-order valence-corrected chi connectivity index (χ3v) is 3.00. The number of amides is 1. The molecule has 0 bridgehead atoms. The fraction of sp³-hybridized carbons (Fsp3) is 0.714. The lowest BCUT2D eigenvalue weighted by molar-refractivity contribution is -0.120. The minimum Gasteiger partial charge on any atom is -0.361 e. The highest BCUT2D eigenvalue weighted by atomic mass is 16.5. The number of nitrogens with one attached hydrogen (secondary N) is 2. The molecule has 0 unspecified atom stereocenters. The first-order valence-corrected chi connectivity index (χ1v) is 7.16. The highest BCUT2D eigenvalue weighted by Crippen LogP contribution is 2.16. The molecule has 0 spiro atoms. The molecule has 0 saturated heterocycles. The summed E-state index contributed by atoms with van der Waals surface area (Å²) in [6, 6.07) is 0. The van der Waals surface area contributed by atoms with Gasteiger partial charge in [0.1, 0.15) is 5.76 Å². The number of carbonyl (C=O) groups is 1. The predicted molar refractivity (Wildman–Crippen MR) is 75.1 cm³/mol. The van der Waals surface area contributed by atoms with Gasteiger partial charge < -0.3 is 15.2 Å². The molecule has 0 saturated carbocycles. The summed E-state index contributed by atoms with van der Waals surface area (Å²) in [6.45, 7) is 8.61. The molecule has 5 nitrogen and oxygen atoms in total. The van der Waals surface area contributed by atoms with Crippen LogP contribution < -0.4 is 10.6 Å². The normalized spacial score (nSPS) is 10.7. The van der Waals surface area contributed by atoms with Crippen molar-refractivity contribution in [2.24, 2.45) is 0 Å². The van der Waals surface area contributed by atoms with Crippen LogP contribution in [-0.4, -0.2) is 30.7 Å². The second-order valence-corrected chi connectivity index (χ2v) is 4.51. The fourth-order valence-electron chi connectivity index (χ4n) is 1.95. The van der Waals surface area contributed by atoms with E-state index in [0.717, 1.165) is 49.4 Å². The number of carbonyl (C=O) groups excluding carboxylic acids is 1. The van der Waals surface area contributed by atoms with E-state index in [1.54, 1.807) is 0 Å². The van der Waals surface area contributed by atoms with Crippen LogP contribution in [0, 0.1) is 0 Å². The molecule has 0 atom stereocenters. The Labute approximate surface area is 115 Å². The van der Waals surface area contributed by atoms with Gasteiger partial charge >= 0.3 is 0 Å². The van der Waals surface area contributed by atoms with E-state index in [9.17, 15) is 4.79 Å². The Morgan fingerprint density at radius 2 is 1.95 bits per heavy atom. The van der Waals surface area contributed by atoms with Gasteiger partial charge in [-0.2, -0.15) is 0 Å². The Morgan fingerprint density at radius 1 is 1.16 bits per heavy atom. The fourth-order valence-corrected chi connectivity index (χ4v) is 1.95. The summed E-state index contributed by atoms with van der Waals surface area (Å²) in [4.78, 5) is 11.9. The second-order valence-electron chi connectivity index (χ2n) is 4.51. The van der Waals surface area contributed by atoms with E-state index in [1.807, 2.05) is 13.8 Å². The van der Waals surface area contributed by atoms with Crippen LogP contribution in [0.25, 0.3) is 0 Å². The average molecular weight is 267 g/mol.